The number of fused-ring (bicyclic) bond motifs is 1. The molecular weight excluding hydrogens is 302 g/mol. The first-order valence-corrected chi connectivity index (χ1v) is 8.19. The molecule has 0 radical (unpaired) electrons. The van der Waals surface area contributed by atoms with Crippen LogP contribution in [0.5, 0.6) is 5.75 Å². The van der Waals surface area contributed by atoms with Crippen LogP contribution in [-0.4, -0.2) is 23.8 Å². The summed E-state index contributed by atoms with van der Waals surface area (Å²) in [5.41, 5.74) is 2.88. The SMILES string of the molecule is CCOC(=O)c1ccc(Cn2ccc3cc(OCC)ccc32)cc1. The Balaban J connectivity index is 1.78. The Morgan fingerprint density at radius 1 is 1.00 bits per heavy atom. The Bertz CT molecular complexity index is 834. The summed E-state index contributed by atoms with van der Waals surface area (Å²) in [6.45, 7) is 5.59. The van der Waals surface area contributed by atoms with Crippen molar-refractivity contribution < 1.29 is 14.3 Å². The minimum atomic E-state index is -0.279. The zero-order chi connectivity index (χ0) is 16.9. The lowest BCUT2D eigenvalue weighted by Crippen LogP contribution is -2.05. The molecule has 0 saturated carbocycles. The molecular formula is C20H21NO3. The van der Waals surface area contributed by atoms with Gasteiger partial charge in [-0.15, -0.1) is 0 Å². The van der Waals surface area contributed by atoms with E-state index in [9.17, 15) is 4.79 Å². The largest absolute Gasteiger partial charge is 0.494 e. The standard InChI is InChI=1S/C20H21NO3/c1-3-23-18-9-10-19-17(13-18)11-12-21(19)14-15-5-7-16(8-6-15)20(22)24-4-2/h5-13H,3-4,14H2,1-2H3. The van der Waals surface area contributed by atoms with Crippen molar-refractivity contribution in [3.63, 3.8) is 0 Å². The fourth-order valence-electron chi connectivity index (χ4n) is 2.73. The first-order valence-electron chi connectivity index (χ1n) is 8.19. The summed E-state index contributed by atoms with van der Waals surface area (Å²) in [7, 11) is 0. The summed E-state index contributed by atoms with van der Waals surface area (Å²) in [5.74, 6) is 0.612. The van der Waals surface area contributed by atoms with Crippen molar-refractivity contribution in [2.75, 3.05) is 13.2 Å². The molecule has 1 heterocycles. The van der Waals surface area contributed by atoms with Crippen LogP contribution in [0.15, 0.2) is 54.7 Å². The average molecular weight is 323 g/mol. The molecule has 4 nitrogen and oxygen atoms in total. The van der Waals surface area contributed by atoms with Gasteiger partial charge in [-0.2, -0.15) is 0 Å². The molecule has 124 valence electrons. The normalized spacial score (nSPS) is 10.8. The Morgan fingerprint density at radius 2 is 1.79 bits per heavy atom. The lowest BCUT2D eigenvalue weighted by molar-refractivity contribution is 0.0526. The highest BCUT2D eigenvalue weighted by atomic mass is 16.5. The molecule has 0 fully saturated rings. The minimum Gasteiger partial charge on any atom is -0.494 e. The van der Waals surface area contributed by atoms with E-state index in [-0.39, 0.29) is 5.97 Å². The van der Waals surface area contributed by atoms with Crippen LogP contribution >= 0.6 is 0 Å². The first kappa shape index (κ1) is 16.1. The maximum atomic E-state index is 11.7. The van der Waals surface area contributed by atoms with E-state index in [0.717, 1.165) is 28.8 Å². The summed E-state index contributed by atoms with van der Waals surface area (Å²) in [6.07, 6.45) is 2.07. The number of aromatic nitrogens is 1. The Labute approximate surface area is 141 Å². The molecule has 3 aromatic rings. The fourth-order valence-corrected chi connectivity index (χ4v) is 2.73. The summed E-state index contributed by atoms with van der Waals surface area (Å²) in [5, 5.41) is 1.16. The van der Waals surface area contributed by atoms with E-state index in [1.54, 1.807) is 6.92 Å². The molecule has 0 bridgehead atoms. The molecule has 1 aromatic heterocycles. The van der Waals surface area contributed by atoms with Crippen LogP contribution in [0, 0.1) is 0 Å². The number of esters is 1. The van der Waals surface area contributed by atoms with Gasteiger partial charge in [-0.1, -0.05) is 12.1 Å². The minimum absolute atomic E-state index is 0.279. The Kier molecular flexibility index (Phi) is 4.85. The molecule has 0 N–H and O–H groups in total. The third kappa shape index (κ3) is 3.43. The maximum Gasteiger partial charge on any atom is 0.338 e. The van der Waals surface area contributed by atoms with Crippen LogP contribution in [-0.2, 0) is 11.3 Å². The molecule has 0 aliphatic heterocycles. The highest BCUT2D eigenvalue weighted by molar-refractivity contribution is 5.89. The quantitative estimate of drug-likeness (QED) is 0.636. The molecule has 0 amide bonds. The number of ether oxygens (including phenoxy) is 2. The number of carbonyl (C=O) groups is 1. The number of carbonyl (C=O) groups excluding carboxylic acids is 1. The van der Waals surface area contributed by atoms with Gasteiger partial charge in [-0.05, 0) is 55.8 Å². The molecule has 2 aromatic carbocycles. The smallest absolute Gasteiger partial charge is 0.338 e. The van der Waals surface area contributed by atoms with Crippen LogP contribution in [0.2, 0.25) is 0 Å². The molecule has 0 unspecified atom stereocenters. The second-order valence-corrected chi connectivity index (χ2v) is 5.51. The first-order chi connectivity index (χ1) is 11.7. The second-order valence-electron chi connectivity index (χ2n) is 5.51. The molecule has 4 heteroatoms. The van der Waals surface area contributed by atoms with Gasteiger partial charge < -0.3 is 14.0 Å². The van der Waals surface area contributed by atoms with E-state index in [4.69, 9.17) is 9.47 Å². The predicted molar refractivity (Wildman–Crippen MR) is 94.6 cm³/mol. The number of hydrogen-bond acceptors (Lipinski definition) is 3. The third-order valence-electron chi connectivity index (χ3n) is 3.87. The summed E-state index contributed by atoms with van der Waals surface area (Å²) in [4.78, 5) is 11.7. The number of hydrogen-bond donors (Lipinski definition) is 0. The van der Waals surface area contributed by atoms with Crippen LogP contribution in [0.25, 0.3) is 10.9 Å². The zero-order valence-corrected chi connectivity index (χ0v) is 14.0. The highest BCUT2D eigenvalue weighted by Gasteiger charge is 2.07. The van der Waals surface area contributed by atoms with Gasteiger partial charge in [0.15, 0.2) is 0 Å². The lowest BCUT2D eigenvalue weighted by Gasteiger charge is -2.08. The van der Waals surface area contributed by atoms with Crippen molar-refractivity contribution in [1.29, 1.82) is 0 Å². The van der Waals surface area contributed by atoms with Crippen molar-refractivity contribution in [2.45, 2.75) is 20.4 Å². The number of nitrogens with zero attached hydrogens (tertiary/aromatic N) is 1. The van der Waals surface area contributed by atoms with Crippen molar-refractivity contribution in [3.05, 3.63) is 65.9 Å². The van der Waals surface area contributed by atoms with Crippen LogP contribution in [0.3, 0.4) is 0 Å². The van der Waals surface area contributed by atoms with Crippen molar-refractivity contribution in [3.8, 4) is 5.75 Å². The van der Waals surface area contributed by atoms with Gasteiger partial charge in [0.25, 0.3) is 0 Å². The maximum absolute atomic E-state index is 11.7. The van der Waals surface area contributed by atoms with Crippen molar-refractivity contribution >= 4 is 16.9 Å². The Morgan fingerprint density at radius 3 is 2.50 bits per heavy atom. The van der Waals surface area contributed by atoms with E-state index < -0.39 is 0 Å². The van der Waals surface area contributed by atoms with Crippen molar-refractivity contribution in [2.24, 2.45) is 0 Å². The van der Waals surface area contributed by atoms with Gasteiger partial charge in [0, 0.05) is 23.6 Å². The predicted octanol–water partition coefficient (Wildman–Crippen LogP) is 4.27. The van der Waals surface area contributed by atoms with Gasteiger partial charge in [0.05, 0.1) is 18.8 Å². The molecule has 0 aliphatic carbocycles. The van der Waals surface area contributed by atoms with Crippen molar-refractivity contribution in [1.82, 2.24) is 4.57 Å². The summed E-state index contributed by atoms with van der Waals surface area (Å²) in [6, 6.07) is 15.8. The van der Waals surface area contributed by atoms with Crippen LogP contribution in [0.4, 0.5) is 0 Å². The monoisotopic (exact) mass is 323 g/mol. The van der Waals surface area contributed by atoms with Crippen LogP contribution < -0.4 is 4.74 Å². The molecule has 0 atom stereocenters. The van der Waals surface area contributed by atoms with Gasteiger partial charge >= 0.3 is 5.97 Å². The summed E-state index contributed by atoms with van der Waals surface area (Å²) < 4.78 is 12.7. The van der Waals surface area contributed by atoms with E-state index >= 15 is 0 Å². The van der Waals surface area contributed by atoms with E-state index in [2.05, 4.69) is 29.0 Å². The van der Waals surface area contributed by atoms with E-state index in [0.29, 0.717) is 18.8 Å². The van der Waals surface area contributed by atoms with Gasteiger partial charge in [0.2, 0.25) is 0 Å². The molecule has 0 spiro atoms. The zero-order valence-electron chi connectivity index (χ0n) is 14.0. The molecule has 0 saturated heterocycles. The molecule has 0 aliphatic rings. The molecule has 3 rings (SSSR count). The lowest BCUT2D eigenvalue weighted by atomic mass is 10.1. The van der Waals surface area contributed by atoms with Crippen LogP contribution in [0.1, 0.15) is 29.8 Å². The average Bonchev–Trinajstić information content (AvgIpc) is 2.98. The van der Waals surface area contributed by atoms with Gasteiger partial charge in [0.1, 0.15) is 5.75 Å². The van der Waals surface area contributed by atoms with E-state index in [1.807, 2.05) is 37.3 Å². The fraction of sp³-hybridized carbons (Fsp3) is 0.250. The van der Waals surface area contributed by atoms with E-state index in [1.165, 1.54) is 0 Å². The number of rotatable bonds is 6. The number of benzene rings is 2. The topological polar surface area (TPSA) is 40.5 Å². The highest BCUT2D eigenvalue weighted by Crippen LogP contribution is 2.23. The Hall–Kier alpha value is -2.75. The summed E-state index contributed by atoms with van der Waals surface area (Å²) >= 11 is 0. The van der Waals surface area contributed by atoms with Gasteiger partial charge in [-0.25, -0.2) is 4.79 Å². The second kappa shape index (κ2) is 7.21. The third-order valence-corrected chi connectivity index (χ3v) is 3.87. The molecule has 24 heavy (non-hydrogen) atoms. The van der Waals surface area contributed by atoms with Gasteiger partial charge in [-0.3, -0.25) is 0 Å².